The van der Waals surface area contributed by atoms with Gasteiger partial charge in [0.05, 0.1) is 29.2 Å². The molecule has 3 heterocycles. The van der Waals surface area contributed by atoms with Crippen LogP contribution in [0, 0.1) is 0 Å². The fraction of sp³-hybridized carbons (Fsp3) is 0.0714. The molecule has 2 N–H and O–H groups in total. The predicted molar refractivity (Wildman–Crippen MR) is 74.0 cm³/mol. The summed E-state index contributed by atoms with van der Waals surface area (Å²) in [4.78, 5) is 11.4. The minimum atomic E-state index is -4.44. The molecule has 0 amide bonds. The molecule has 0 radical (unpaired) electrons. The Bertz CT molecular complexity index is 983. The molecule has 0 aliphatic heterocycles. The lowest BCUT2D eigenvalue weighted by molar-refractivity contribution is -0.137. The van der Waals surface area contributed by atoms with Crippen LogP contribution in [0.3, 0.4) is 0 Å². The Morgan fingerprint density at radius 1 is 1.09 bits per heavy atom. The highest BCUT2D eigenvalue weighted by atomic mass is 19.4. The van der Waals surface area contributed by atoms with Gasteiger partial charge in [-0.1, -0.05) is 0 Å². The number of hydrogen-bond donors (Lipinski definition) is 2. The molecule has 5 nitrogen and oxygen atoms in total. The summed E-state index contributed by atoms with van der Waals surface area (Å²) >= 11 is 0. The first-order valence-electron chi connectivity index (χ1n) is 6.37. The molecule has 0 fully saturated rings. The predicted octanol–water partition coefficient (Wildman–Crippen LogP) is 3.52. The third kappa shape index (κ3) is 1.92. The topological polar surface area (TPSA) is 70.2 Å². The van der Waals surface area contributed by atoms with E-state index in [9.17, 15) is 13.2 Å². The van der Waals surface area contributed by atoms with Crippen LogP contribution in [0.25, 0.3) is 33.3 Å². The third-order valence-electron chi connectivity index (χ3n) is 3.42. The second-order valence-electron chi connectivity index (χ2n) is 4.82. The van der Waals surface area contributed by atoms with E-state index in [2.05, 4.69) is 25.1 Å². The highest BCUT2D eigenvalue weighted by molar-refractivity contribution is 5.94. The molecule has 3 aromatic heterocycles. The first kappa shape index (κ1) is 12.8. The van der Waals surface area contributed by atoms with Crippen LogP contribution < -0.4 is 0 Å². The second kappa shape index (κ2) is 4.30. The van der Waals surface area contributed by atoms with Gasteiger partial charge in [-0.05, 0) is 18.2 Å². The lowest BCUT2D eigenvalue weighted by Gasteiger charge is -2.10. The molecule has 0 bridgehead atoms. The van der Waals surface area contributed by atoms with Crippen molar-refractivity contribution >= 4 is 22.1 Å². The van der Waals surface area contributed by atoms with E-state index in [4.69, 9.17) is 0 Å². The first-order chi connectivity index (χ1) is 10.5. The second-order valence-corrected chi connectivity index (χ2v) is 4.82. The van der Waals surface area contributed by atoms with Crippen LogP contribution >= 0.6 is 0 Å². The maximum atomic E-state index is 13.0. The number of aromatic nitrogens is 5. The normalized spacial score (nSPS) is 12.3. The van der Waals surface area contributed by atoms with Crippen molar-refractivity contribution in [1.29, 1.82) is 0 Å². The van der Waals surface area contributed by atoms with E-state index >= 15 is 0 Å². The van der Waals surface area contributed by atoms with Crippen LogP contribution in [-0.2, 0) is 6.18 Å². The number of alkyl halides is 3. The van der Waals surface area contributed by atoms with Gasteiger partial charge in [0.2, 0.25) is 0 Å². The van der Waals surface area contributed by atoms with Gasteiger partial charge in [-0.3, -0.25) is 5.10 Å². The summed E-state index contributed by atoms with van der Waals surface area (Å²) < 4.78 is 39.1. The summed E-state index contributed by atoms with van der Waals surface area (Å²) in [5, 5.41) is 6.95. The highest BCUT2D eigenvalue weighted by Gasteiger charge is 2.32. The molecular formula is C14H8F3N5. The van der Waals surface area contributed by atoms with Gasteiger partial charge < -0.3 is 4.98 Å². The Morgan fingerprint density at radius 3 is 2.77 bits per heavy atom. The summed E-state index contributed by atoms with van der Waals surface area (Å²) in [5.41, 5.74) is 1.43. The maximum absolute atomic E-state index is 13.0. The molecule has 0 spiro atoms. The van der Waals surface area contributed by atoms with Crippen LogP contribution in [0.4, 0.5) is 13.2 Å². The lowest BCUT2D eigenvalue weighted by atomic mass is 10.0. The van der Waals surface area contributed by atoms with Crippen molar-refractivity contribution in [3.63, 3.8) is 0 Å². The van der Waals surface area contributed by atoms with Crippen LogP contribution in [0.15, 0.2) is 36.8 Å². The SMILES string of the molecule is FC(F)(F)c1cc(-c2cnc3[nH]ccc3n2)c2cn[nH]c2c1. The van der Waals surface area contributed by atoms with Gasteiger partial charge in [-0.25, -0.2) is 9.97 Å². The first-order valence-corrected chi connectivity index (χ1v) is 6.37. The number of aromatic amines is 2. The Morgan fingerprint density at radius 2 is 1.95 bits per heavy atom. The van der Waals surface area contributed by atoms with Crippen LogP contribution in [0.2, 0.25) is 0 Å². The van der Waals surface area contributed by atoms with E-state index in [-0.39, 0.29) is 0 Å². The Labute approximate surface area is 121 Å². The molecule has 4 aromatic rings. The van der Waals surface area contributed by atoms with E-state index in [1.165, 1.54) is 12.4 Å². The van der Waals surface area contributed by atoms with E-state index in [1.807, 2.05) is 0 Å². The molecular weight excluding hydrogens is 295 g/mol. The summed E-state index contributed by atoms with van der Waals surface area (Å²) in [6.07, 6.45) is 0.155. The molecule has 22 heavy (non-hydrogen) atoms. The van der Waals surface area contributed by atoms with E-state index < -0.39 is 11.7 Å². The van der Waals surface area contributed by atoms with Gasteiger partial charge >= 0.3 is 6.18 Å². The number of rotatable bonds is 1. The van der Waals surface area contributed by atoms with Crippen molar-refractivity contribution < 1.29 is 13.2 Å². The molecule has 0 aliphatic rings. The van der Waals surface area contributed by atoms with Crippen molar-refractivity contribution in [1.82, 2.24) is 25.1 Å². The van der Waals surface area contributed by atoms with Crippen molar-refractivity contribution in [2.24, 2.45) is 0 Å². The van der Waals surface area contributed by atoms with Crippen molar-refractivity contribution in [2.75, 3.05) is 0 Å². The van der Waals surface area contributed by atoms with Crippen LogP contribution in [0.5, 0.6) is 0 Å². The average Bonchev–Trinajstić information content (AvgIpc) is 3.13. The summed E-state index contributed by atoms with van der Waals surface area (Å²) in [6, 6.07) is 3.82. The molecule has 0 aliphatic carbocycles. The van der Waals surface area contributed by atoms with Gasteiger partial charge in [-0.15, -0.1) is 0 Å². The van der Waals surface area contributed by atoms with Gasteiger partial charge in [-0.2, -0.15) is 18.3 Å². The zero-order valence-corrected chi connectivity index (χ0v) is 10.9. The molecule has 0 atom stereocenters. The smallest absolute Gasteiger partial charge is 0.345 e. The molecule has 0 saturated heterocycles. The van der Waals surface area contributed by atoms with Gasteiger partial charge in [0.15, 0.2) is 5.65 Å². The van der Waals surface area contributed by atoms with Crippen molar-refractivity contribution in [3.8, 4) is 11.3 Å². The van der Waals surface area contributed by atoms with E-state index in [1.54, 1.807) is 12.3 Å². The largest absolute Gasteiger partial charge is 0.416 e. The zero-order chi connectivity index (χ0) is 15.3. The molecule has 4 rings (SSSR count). The molecule has 8 heteroatoms. The monoisotopic (exact) mass is 303 g/mol. The number of nitrogens with one attached hydrogen (secondary N) is 2. The summed E-state index contributed by atoms with van der Waals surface area (Å²) in [7, 11) is 0. The summed E-state index contributed by atoms with van der Waals surface area (Å²) in [6.45, 7) is 0. The quantitative estimate of drug-likeness (QED) is 0.565. The minimum Gasteiger partial charge on any atom is -0.345 e. The number of fused-ring (bicyclic) bond motifs is 2. The third-order valence-corrected chi connectivity index (χ3v) is 3.42. The number of benzene rings is 1. The molecule has 110 valence electrons. The standard InChI is InChI=1S/C14H8F3N5/c15-14(16,17)7-3-8(9-5-20-22-11(9)4-7)12-6-19-13-10(21-12)1-2-18-13/h1-6H,(H,18,19)(H,20,22). The average molecular weight is 303 g/mol. The number of hydrogen-bond acceptors (Lipinski definition) is 3. The number of halogens is 3. The van der Waals surface area contributed by atoms with E-state index in [0.717, 1.165) is 12.1 Å². The lowest BCUT2D eigenvalue weighted by Crippen LogP contribution is -2.05. The molecule has 0 unspecified atom stereocenters. The Hall–Kier alpha value is -2.90. The van der Waals surface area contributed by atoms with E-state index in [0.29, 0.717) is 33.3 Å². The zero-order valence-electron chi connectivity index (χ0n) is 10.9. The van der Waals surface area contributed by atoms with Gasteiger partial charge in [0, 0.05) is 17.1 Å². The fourth-order valence-corrected chi connectivity index (χ4v) is 2.39. The Balaban J connectivity index is 2.01. The maximum Gasteiger partial charge on any atom is 0.416 e. The van der Waals surface area contributed by atoms with Gasteiger partial charge in [0.1, 0.15) is 5.52 Å². The Kier molecular flexibility index (Phi) is 2.50. The molecule has 0 saturated carbocycles. The van der Waals surface area contributed by atoms with Crippen molar-refractivity contribution in [3.05, 3.63) is 42.4 Å². The van der Waals surface area contributed by atoms with Crippen LogP contribution in [-0.4, -0.2) is 25.1 Å². The van der Waals surface area contributed by atoms with Crippen molar-refractivity contribution in [2.45, 2.75) is 6.18 Å². The minimum absolute atomic E-state index is 0.306. The van der Waals surface area contributed by atoms with Crippen LogP contribution in [0.1, 0.15) is 5.56 Å². The number of nitrogens with zero attached hydrogens (tertiary/aromatic N) is 3. The number of H-pyrrole nitrogens is 2. The summed E-state index contributed by atoms with van der Waals surface area (Å²) in [5.74, 6) is 0. The molecule has 1 aromatic carbocycles. The fourth-order valence-electron chi connectivity index (χ4n) is 2.39. The highest BCUT2D eigenvalue weighted by Crippen LogP contribution is 2.36. The van der Waals surface area contributed by atoms with Gasteiger partial charge in [0.25, 0.3) is 0 Å².